The zero-order chi connectivity index (χ0) is 20.2. The summed E-state index contributed by atoms with van der Waals surface area (Å²) < 4.78 is 17.6. The lowest BCUT2D eigenvalue weighted by atomic mass is 10.2. The molecule has 2 aromatic heterocycles. The van der Waals surface area contributed by atoms with Crippen LogP contribution in [0.2, 0.25) is 0 Å². The van der Waals surface area contributed by atoms with Crippen LogP contribution in [-0.4, -0.2) is 46.5 Å². The second kappa shape index (κ2) is 8.15. The van der Waals surface area contributed by atoms with Crippen LogP contribution in [0.15, 0.2) is 48.8 Å². The molecular weight excluding hydrogens is 394 g/mol. The van der Waals surface area contributed by atoms with Crippen LogP contribution in [-0.2, 0) is 4.79 Å². The Kier molecular flexibility index (Phi) is 5.25. The zero-order valence-corrected chi connectivity index (χ0v) is 16.5. The van der Waals surface area contributed by atoms with Gasteiger partial charge < -0.3 is 19.5 Å². The number of nitrogens with zero attached hydrogens (tertiary/aromatic N) is 4. The fraction of sp³-hybridized carbons (Fsp3) is 0.158. The van der Waals surface area contributed by atoms with Crippen molar-refractivity contribution in [2.75, 3.05) is 26.1 Å². The van der Waals surface area contributed by atoms with Crippen LogP contribution in [0.1, 0.15) is 0 Å². The molecule has 2 heterocycles. The number of hydrogen-bond donors (Lipinski definition) is 1. The number of methoxy groups -OCH3 is 2. The van der Waals surface area contributed by atoms with Crippen molar-refractivity contribution in [1.29, 1.82) is 0 Å². The minimum atomic E-state index is -0.311. The Morgan fingerprint density at radius 1 is 1.10 bits per heavy atom. The Labute approximate surface area is 169 Å². The quantitative estimate of drug-likeness (QED) is 0.499. The van der Waals surface area contributed by atoms with E-state index in [4.69, 9.17) is 14.2 Å². The first-order valence-electron chi connectivity index (χ1n) is 8.58. The summed E-state index contributed by atoms with van der Waals surface area (Å²) in [4.78, 5) is 13.1. The van der Waals surface area contributed by atoms with Crippen LogP contribution in [0.3, 0.4) is 0 Å². The first kappa shape index (κ1) is 18.7. The van der Waals surface area contributed by atoms with E-state index in [9.17, 15) is 4.79 Å². The van der Waals surface area contributed by atoms with E-state index < -0.39 is 0 Å². The van der Waals surface area contributed by atoms with Crippen molar-refractivity contribution in [2.24, 2.45) is 0 Å². The predicted molar refractivity (Wildman–Crippen MR) is 108 cm³/mol. The van der Waals surface area contributed by atoms with E-state index in [0.717, 1.165) is 10.6 Å². The molecule has 0 unspecified atom stereocenters. The number of carbonyl (C=O) groups excluding carboxylic acids is 1. The van der Waals surface area contributed by atoms with Crippen molar-refractivity contribution in [3.63, 3.8) is 0 Å². The average molecular weight is 411 g/mol. The lowest BCUT2D eigenvalue weighted by molar-refractivity contribution is -0.118. The van der Waals surface area contributed by atoms with Gasteiger partial charge in [-0.25, -0.2) is 0 Å². The summed E-state index contributed by atoms with van der Waals surface area (Å²) in [6.45, 7) is -0.142. The van der Waals surface area contributed by atoms with Crippen LogP contribution in [0.5, 0.6) is 17.2 Å². The topological polar surface area (TPSA) is 99.9 Å². The maximum atomic E-state index is 12.4. The first-order chi connectivity index (χ1) is 14.2. The second-order valence-electron chi connectivity index (χ2n) is 5.89. The van der Waals surface area contributed by atoms with E-state index in [2.05, 4.69) is 20.6 Å². The lowest BCUT2D eigenvalue weighted by Gasteiger charge is -2.12. The van der Waals surface area contributed by atoms with Crippen molar-refractivity contribution in [1.82, 2.24) is 19.8 Å². The molecule has 0 aliphatic carbocycles. The average Bonchev–Trinajstić information content (AvgIpc) is 3.35. The highest BCUT2D eigenvalue weighted by molar-refractivity contribution is 7.19. The summed E-state index contributed by atoms with van der Waals surface area (Å²) in [5.74, 6) is 1.51. The molecular formula is C19H17N5O4S. The maximum absolute atomic E-state index is 12.4. The number of amides is 1. The molecule has 148 valence electrons. The molecule has 0 aliphatic rings. The Morgan fingerprint density at radius 2 is 1.90 bits per heavy atom. The molecule has 10 heteroatoms. The molecule has 0 aliphatic heterocycles. The number of aromatic nitrogens is 4. The number of fused-ring (bicyclic) bond motifs is 1. The number of benzene rings is 2. The summed E-state index contributed by atoms with van der Waals surface area (Å²) in [5.41, 5.74) is 1.35. The summed E-state index contributed by atoms with van der Waals surface area (Å²) in [6, 6.07) is 12.4. The smallest absolute Gasteiger partial charge is 0.262 e. The van der Waals surface area contributed by atoms with Crippen LogP contribution < -0.4 is 19.5 Å². The van der Waals surface area contributed by atoms with Gasteiger partial charge in [0.2, 0.25) is 4.96 Å². The highest BCUT2D eigenvalue weighted by Gasteiger charge is 2.13. The number of anilines is 1. The van der Waals surface area contributed by atoms with Crippen LogP contribution >= 0.6 is 11.3 Å². The van der Waals surface area contributed by atoms with Gasteiger partial charge in [-0.1, -0.05) is 11.3 Å². The molecule has 0 atom stereocenters. The molecule has 2 aromatic carbocycles. The van der Waals surface area contributed by atoms with Gasteiger partial charge in [0, 0.05) is 5.56 Å². The van der Waals surface area contributed by atoms with Gasteiger partial charge in [0.15, 0.2) is 6.61 Å². The van der Waals surface area contributed by atoms with E-state index >= 15 is 0 Å². The van der Waals surface area contributed by atoms with Crippen LogP contribution in [0.25, 0.3) is 15.5 Å². The maximum Gasteiger partial charge on any atom is 0.262 e. The van der Waals surface area contributed by atoms with Gasteiger partial charge in [0.25, 0.3) is 5.91 Å². The number of nitrogens with one attached hydrogen (secondary N) is 1. The van der Waals surface area contributed by atoms with Gasteiger partial charge in [-0.3, -0.25) is 4.79 Å². The van der Waals surface area contributed by atoms with Gasteiger partial charge in [-0.05, 0) is 42.5 Å². The largest absolute Gasteiger partial charge is 0.497 e. The highest BCUT2D eigenvalue weighted by atomic mass is 32.1. The standard InChI is InChI=1S/C19H17N5O4S/c1-26-13-4-6-14(7-5-13)28-10-17(25)21-15-9-12(3-8-16(15)27-2)18-23-24-11-20-22-19(24)29-18/h3-9,11H,10H2,1-2H3,(H,21,25). The van der Waals surface area contributed by atoms with Crippen molar-refractivity contribution in [3.05, 3.63) is 48.8 Å². The summed E-state index contributed by atoms with van der Waals surface area (Å²) >= 11 is 1.40. The van der Waals surface area contributed by atoms with E-state index in [1.54, 1.807) is 55.1 Å². The van der Waals surface area contributed by atoms with Crippen molar-refractivity contribution < 1.29 is 19.0 Å². The van der Waals surface area contributed by atoms with Crippen molar-refractivity contribution in [3.8, 4) is 27.8 Å². The molecule has 1 amide bonds. The third-order valence-electron chi connectivity index (χ3n) is 4.04. The molecule has 0 bridgehead atoms. The summed E-state index contributed by atoms with van der Waals surface area (Å²) in [5, 5.41) is 15.8. The number of carbonyl (C=O) groups is 1. The summed E-state index contributed by atoms with van der Waals surface area (Å²) in [6.07, 6.45) is 1.54. The van der Waals surface area contributed by atoms with Crippen LogP contribution in [0.4, 0.5) is 5.69 Å². The molecule has 4 aromatic rings. The molecule has 4 rings (SSSR count). The predicted octanol–water partition coefficient (Wildman–Crippen LogP) is 2.89. The van der Waals surface area contributed by atoms with E-state index in [-0.39, 0.29) is 12.5 Å². The Hall–Kier alpha value is -3.66. The first-order valence-corrected chi connectivity index (χ1v) is 9.40. The lowest BCUT2D eigenvalue weighted by Crippen LogP contribution is -2.20. The van der Waals surface area contributed by atoms with Crippen molar-refractivity contribution in [2.45, 2.75) is 0 Å². The minimum Gasteiger partial charge on any atom is -0.497 e. The Balaban J connectivity index is 1.47. The molecule has 1 N–H and O–H groups in total. The molecule has 0 fully saturated rings. The number of rotatable bonds is 7. The fourth-order valence-corrected chi connectivity index (χ4v) is 3.44. The normalized spacial score (nSPS) is 10.7. The van der Waals surface area contributed by atoms with Crippen molar-refractivity contribution >= 4 is 27.9 Å². The van der Waals surface area contributed by atoms with Gasteiger partial charge in [-0.15, -0.1) is 10.2 Å². The molecule has 0 radical (unpaired) electrons. The third kappa shape index (κ3) is 4.11. The Bertz CT molecular complexity index is 1110. The minimum absolute atomic E-state index is 0.142. The fourth-order valence-electron chi connectivity index (χ4n) is 2.62. The highest BCUT2D eigenvalue weighted by Crippen LogP contribution is 2.32. The SMILES string of the molecule is COc1ccc(OCC(=O)Nc2cc(-c3nn4cnnc4s3)ccc2OC)cc1. The molecule has 0 spiro atoms. The molecule has 29 heavy (non-hydrogen) atoms. The van der Waals surface area contributed by atoms with Gasteiger partial charge in [-0.2, -0.15) is 9.61 Å². The van der Waals surface area contributed by atoms with Gasteiger partial charge in [0.05, 0.1) is 19.9 Å². The molecule has 0 saturated carbocycles. The van der Waals surface area contributed by atoms with Gasteiger partial charge in [0.1, 0.15) is 28.6 Å². The monoisotopic (exact) mass is 411 g/mol. The van der Waals surface area contributed by atoms with E-state index in [1.165, 1.54) is 17.7 Å². The zero-order valence-electron chi connectivity index (χ0n) is 15.7. The van der Waals surface area contributed by atoms with Crippen LogP contribution in [0, 0.1) is 0 Å². The Morgan fingerprint density at radius 3 is 2.62 bits per heavy atom. The second-order valence-corrected chi connectivity index (χ2v) is 6.85. The summed E-state index contributed by atoms with van der Waals surface area (Å²) in [7, 11) is 3.13. The van der Waals surface area contributed by atoms with Gasteiger partial charge >= 0.3 is 0 Å². The van der Waals surface area contributed by atoms with E-state index in [0.29, 0.717) is 27.9 Å². The molecule has 0 saturated heterocycles. The third-order valence-corrected chi connectivity index (χ3v) is 5.00. The molecule has 9 nitrogen and oxygen atoms in total. The number of ether oxygens (including phenoxy) is 3. The van der Waals surface area contributed by atoms with E-state index in [1.807, 2.05) is 6.07 Å². The number of hydrogen-bond acceptors (Lipinski definition) is 8.